The van der Waals surface area contributed by atoms with Gasteiger partial charge in [-0.3, -0.25) is 5.01 Å². The van der Waals surface area contributed by atoms with Gasteiger partial charge in [-0.1, -0.05) is 48.0 Å². The molecule has 5 heteroatoms. The van der Waals surface area contributed by atoms with Gasteiger partial charge in [0.15, 0.2) is 5.58 Å². The highest BCUT2D eigenvalue weighted by molar-refractivity contribution is 6.13. The number of hydrogen-bond donors (Lipinski definition) is 0. The van der Waals surface area contributed by atoms with E-state index in [-0.39, 0.29) is 6.04 Å². The van der Waals surface area contributed by atoms with Gasteiger partial charge in [0.25, 0.3) is 0 Å². The Bertz CT molecular complexity index is 1320. The van der Waals surface area contributed by atoms with Crippen molar-refractivity contribution < 1.29 is 9.15 Å². The number of para-hydroxylation sites is 1. The number of nitrogens with zero attached hydrogens (tertiary/aromatic N) is 2. The van der Waals surface area contributed by atoms with E-state index in [0.717, 1.165) is 22.3 Å². The number of methoxy groups -OCH3 is 1. The molecule has 3 aromatic carbocycles. The minimum absolute atomic E-state index is 0.0217. The van der Waals surface area contributed by atoms with Crippen LogP contribution in [-0.4, -0.2) is 12.8 Å². The third kappa shape index (κ3) is 3.48. The monoisotopic (exact) mass is 410 g/mol. The lowest BCUT2D eigenvalue weighted by molar-refractivity contribution is 0.413. The van der Waals surface area contributed by atoms with Crippen LogP contribution in [0.5, 0.6) is 5.75 Å². The molecule has 2 heterocycles. The number of fused-ring (bicyclic) bond motifs is 1. The van der Waals surface area contributed by atoms with Crippen molar-refractivity contribution in [2.24, 2.45) is 5.10 Å². The molecule has 0 radical (unpaired) electrons. The molecule has 1 aliphatic heterocycles. The smallest absolute Gasteiger partial charge is 0.336 e. The van der Waals surface area contributed by atoms with Crippen LogP contribution in [0.4, 0.5) is 5.69 Å². The molecule has 1 atom stereocenters. The zero-order valence-corrected chi connectivity index (χ0v) is 17.4. The zero-order valence-electron chi connectivity index (χ0n) is 17.4. The Morgan fingerprint density at radius 3 is 2.45 bits per heavy atom. The highest BCUT2D eigenvalue weighted by Gasteiger charge is 2.32. The van der Waals surface area contributed by atoms with Crippen molar-refractivity contribution in [3.05, 3.63) is 106 Å². The number of benzene rings is 3. The van der Waals surface area contributed by atoms with E-state index in [1.54, 1.807) is 13.2 Å². The van der Waals surface area contributed by atoms with E-state index >= 15 is 0 Å². The summed E-state index contributed by atoms with van der Waals surface area (Å²) in [5.74, 6) is 0.637. The average Bonchev–Trinajstić information content (AvgIpc) is 3.24. The molecule has 5 rings (SSSR count). The van der Waals surface area contributed by atoms with Gasteiger partial charge in [-0.05, 0) is 42.8 Å². The third-order valence-corrected chi connectivity index (χ3v) is 5.65. The molecule has 4 aromatic rings. The quantitative estimate of drug-likeness (QED) is 0.419. The van der Waals surface area contributed by atoms with Crippen LogP contribution >= 0.6 is 0 Å². The van der Waals surface area contributed by atoms with Crippen molar-refractivity contribution in [1.82, 2.24) is 0 Å². The summed E-state index contributed by atoms with van der Waals surface area (Å²) in [6, 6.07) is 25.6. The minimum Gasteiger partial charge on any atom is -0.496 e. The molecule has 0 aliphatic carbocycles. The molecular formula is C26H22N2O3. The predicted molar refractivity (Wildman–Crippen MR) is 123 cm³/mol. The van der Waals surface area contributed by atoms with E-state index < -0.39 is 5.63 Å². The number of hydrazone groups is 1. The molecule has 0 bridgehead atoms. The van der Waals surface area contributed by atoms with Gasteiger partial charge in [-0.25, -0.2) is 4.79 Å². The fourth-order valence-electron chi connectivity index (χ4n) is 4.09. The first-order chi connectivity index (χ1) is 15.1. The van der Waals surface area contributed by atoms with Gasteiger partial charge in [0.05, 0.1) is 30.1 Å². The Morgan fingerprint density at radius 2 is 1.71 bits per heavy atom. The molecule has 0 N–H and O–H groups in total. The molecule has 1 unspecified atom stereocenters. The molecule has 1 aliphatic rings. The van der Waals surface area contributed by atoms with Crippen LogP contribution in [-0.2, 0) is 0 Å². The first-order valence-electron chi connectivity index (χ1n) is 10.2. The van der Waals surface area contributed by atoms with Crippen molar-refractivity contribution >= 4 is 22.4 Å². The topological polar surface area (TPSA) is 55.0 Å². The Labute approximate surface area is 180 Å². The predicted octanol–water partition coefficient (Wildman–Crippen LogP) is 5.47. The van der Waals surface area contributed by atoms with Gasteiger partial charge in [0.1, 0.15) is 5.75 Å². The highest BCUT2D eigenvalue weighted by Crippen LogP contribution is 2.40. The van der Waals surface area contributed by atoms with E-state index in [1.165, 1.54) is 17.2 Å². The van der Waals surface area contributed by atoms with Gasteiger partial charge in [0.2, 0.25) is 0 Å². The maximum atomic E-state index is 12.0. The summed E-state index contributed by atoms with van der Waals surface area (Å²) in [7, 11) is 1.62. The van der Waals surface area contributed by atoms with Crippen LogP contribution in [0.15, 0.2) is 93.2 Å². The molecule has 0 saturated heterocycles. The second-order valence-corrected chi connectivity index (χ2v) is 7.67. The van der Waals surface area contributed by atoms with Crippen molar-refractivity contribution in [2.45, 2.75) is 19.4 Å². The fourth-order valence-corrected chi connectivity index (χ4v) is 4.09. The van der Waals surface area contributed by atoms with E-state index in [4.69, 9.17) is 14.3 Å². The van der Waals surface area contributed by atoms with Gasteiger partial charge >= 0.3 is 5.63 Å². The number of rotatable bonds is 4. The molecule has 0 fully saturated rings. The number of aryl methyl sites for hydroxylation is 1. The minimum atomic E-state index is -0.393. The van der Waals surface area contributed by atoms with Crippen molar-refractivity contribution in [3.8, 4) is 5.75 Å². The van der Waals surface area contributed by atoms with Gasteiger partial charge in [-0.15, -0.1) is 0 Å². The van der Waals surface area contributed by atoms with E-state index in [1.807, 2.05) is 47.5 Å². The Hall–Kier alpha value is -3.86. The second-order valence-electron chi connectivity index (χ2n) is 7.67. The molecule has 0 spiro atoms. The SMILES string of the molecule is COc1ccc2ccc(=O)oc2c1C1=NN(c2ccccc2)C(c2ccc(C)cc2)C1. The van der Waals surface area contributed by atoms with Crippen LogP contribution in [0, 0.1) is 6.92 Å². The van der Waals surface area contributed by atoms with E-state index in [2.05, 4.69) is 31.2 Å². The van der Waals surface area contributed by atoms with Crippen LogP contribution < -0.4 is 15.4 Å². The molecule has 1 aromatic heterocycles. The summed E-state index contributed by atoms with van der Waals surface area (Å²) >= 11 is 0. The van der Waals surface area contributed by atoms with Crippen LogP contribution in [0.1, 0.15) is 29.2 Å². The second kappa shape index (κ2) is 7.76. The maximum Gasteiger partial charge on any atom is 0.336 e. The normalized spacial score (nSPS) is 15.9. The summed E-state index contributed by atoms with van der Waals surface area (Å²) < 4.78 is 11.3. The Morgan fingerprint density at radius 1 is 0.968 bits per heavy atom. The van der Waals surface area contributed by atoms with Crippen molar-refractivity contribution in [1.29, 1.82) is 0 Å². The standard InChI is InChI=1S/C26H22N2O3/c1-17-8-10-18(11-9-17)22-16-21(27-28(22)20-6-4-3-5-7-20)25-23(30-2)14-12-19-13-15-24(29)31-26(19)25/h3-15,22H,16H2,1-2H3. The summed E-state index contributed by atoms with van der Waals surface area (Å²) in [6.45, 7) is 2.08. The molecule has 0 amide bonds. The zero-order chi connectivity index (χ0) is 21.4. The average molecular weight is 410 g/mol. The van der Waals surface area contributed by atoms with E-state index in [9.17, 15) is 4.79 Å². The fraction of sp³-hybridized carbons (Fsp3) is 0.154. The lowest BCUT2D eigenvalue weighted by Gasteiger charge is -2.24. The number of hydrogen-bond acceptors (Lipinski definition) is 5. The first kappa shape index (κ1) is 19.1. The summed E-state index contributed by atoms with van der Waals surface area (Å²) in [5, 5.41) is 7.88. The Balaban J connectivity index is 1.69. The summed E-state index contributed by atoms with van der Waals surface area (Å²) in [4.78, 5) is 12.0. The van der Waals surface area contributed by atoms with Gasteiger partial charge in [-0.2, -0.15) is 5.10 Å². The number of anilines is 1. The Kier molecular flexibility index (Phi) is 4.79. The summed E-state index contributed by atoms with van der Waals surface area (Å²) in [5.41, 5.74) is 5.06. The largest absolute Gasteiger partial charge is 0.496 e. The lowest BCUT2D eigenvalue weighted by Crippen LogP contribution is -2.18. The summed E-state index contributed by atoms with van der Waals surface area (Å²) in [6.07, 6.45) is 0.659. The van der Waals surface area contributed by atoms with Crippen molar-refractivity contribution in [2.75, 3.05) is 12.1 Å². The highest BCUT2D eigenvalue weighted by atomic mass is 16.5. The van der Waals surface area contributed by atoms with Gasteiger partial charge in [0, 0.05) is 17.9 Å². The molecular weight excluding hydrogens is 388 g/mol. The van der Waals surface area contributed by atoms with E-state index in [0.29, 0.717) is 17.8 Å². The molecule has 0 saturated carbocycles. The van der Waals surface area contributed by atoms with Crippen molar-refractivity contribution in [3.63, 3.8) is 0 Å². The van der Waals surface area contributed by atoms with Crippen LogP contribution in [0.3, 0.4) is 0 Å². The third-order valence-electron chi connectivity index (χ3n) is 5.65. The maximum absolute atomic E-state index is 12.0. The van der Waals surface area contributed by atoms with Gasteiger partial charge < -0.3 is 9.15 Å². The molecule has 5 nitrogen and oxygen atoms in total. The molecule has 154 valence electrons. The number of ether oxygens (including phenoxy) is 1. The lowest BCUT2D eigenvalue weighted by atomic mass is 9.96. The van der Waals surface area contributed by atoms with Crippen LogP contribution in [0.2, 0.25) is 0 Å². The first-order valence-corrected chi connectivity index (χ1v) is 10.2. The molecule has 31 heavy (non-hydrogen) atoms. The van der Waals surface area contributed by atoms with Crippen LogP contribution in [0.25, 0.3) is 11.0 Å².